The van der Waals surface area contributed by atoms with Crippen molar-refractivity contribution in [3.63, 3.8) is 0 Å². The van der Waals surface area contributed by atoms with Crippen molar-refractivity contribution in [2.45, 2.75) is 13.1 Å². The Labute approximate surface area is 179 Å². The number of pyridine rings is 1. The van der Waals surface area contributed by atoms with Gasteiger partial charge in [0.15, 0.2) is 5.52 Å². The van der Waals surface area contributed by atoms with E-state index in [0.29, 0.717) is 10.3 Å². The molecule has 11 nitrogen and oxygen atoms in total. The summed E-state index contributed by atoms with van der Waals surface area (Å²) in [6, 6.07) is 5.83. The number of ether oxygens (including phenoxy) is 2. The lowest BCUT2D eigenvalue weighted by molar-refractivity contribution is -0.137. The highest BCUT2D eigenvalue weighted by Crippen LogP contribution is 2.35. The number of carbonyl (C=O) groups excluding carboxylic acids is 1. The highest BCUT2D eigenvalue weighted by molar-refractivity contribution is 6.32. The third-order valence-corrected chi connectivity index (χ3v) is 4.63. The zero-order valence-electron chi connectivity index (χ0n) is 16.4. The van der Waals surface area contributed by atoms with Crippen molar-refractivity contribution >= 4 is 40.2 Å². The number of carbonyl (C=O) groups is 2. The molecule has 1 aromatic carbocycles. The molecule has 2 N–H and O–H groups in total. The van der Waals surface area contributed by atoms with E-state index in [1.54, 1.807) is 0 Å². The molecule has 0 spiro atoms. The predicted octanol–water partition coefficient (Wildman–Crippen LogP) is 0.952. The van der Waals surface area contributed by atoms with Gasteiger partial charge in [-0.15, -0.1) is 0 Å². The summed E-state index contributed by atoms with van der Waals surface area (Å²) in [5.74, 6) is -1.43. The molecule has 0 aliphatic heterocycles. The average Bonchev–Trinajstić information content (AvgIpc) is 2.74. The van der Waals surface area contributed by atoms with Crippen LogP contribution in [0.5, 0.6) is 11.5 Å². The topological polar surface area (TPSA) is 142 Å². The smallest absolute Gasteiger partial charge is 0.332 e. The second kappa shape index (κ2) is 8.88. The summed E-state index contributed by atoms with van der Waals surface area (Å²) < 4.78 is 11.8. The molecule has 0 fully saturated rings. The average molecular weight is 449 g/mol. The van der Waals surface area contributed by atoms with Gasteiger partial charge in [-0.25, -0.2) is 14.3 Å². The highest BCUT2D eigenvalue weighted by Gasteiger charge is 2.19. The third-order valence-electron chi connectivity index (χ3n) is 4.33. The first-order valence-electron chi connectivity index (χ1n) is 8.78. The molecule has 2 heterocycles. The molecule has 0 bridgehead atoms. The fourth-order valence-corrected chi connectivity index (χ4v) is 3.20. The number of hydrogen-bond donors (Lipinski definition) is 2. The number of rotatable bonds is 7. The van der Waals surface area contributed by atoms with Gasteiger partial charge in [-0.2, -0.15) is 0 Å². The molecule has 12 heteroatoms. The first-order valence-corrected chi connectivity index (χ1v) is 9.16. The van der Waals surface area contributed by atoms with E-state index < -0.39 is 36.2 Å². The van der Waals surface area contributed by atoms with Crippen molar-refractivity contribution in [2.75, 3.05) is 19.5 Å². The van der Waals surface area contributed by atoms with E-state index in [1.165, 1.54) is 44.7 Å². The third kappa shape index (κ3) is 4.36. The molecular weight excluding hydrogens is 432 g/mol. The second-order valence-corrected chi connectivity index (χ2v) is 6.67. The van der Waals surface area contributed by atoms with Gasteiger partial charge in [0, 0.05) is 12.3 Å². The lowest BCUT2D eigenvalue weighted by Crippen LogP contribution is -2.43. The highest BCUT2D eigenvalue weighted by atomic mass is 35.5. The van der Waals surface area contributed by atoms with Gasteiger partial charge in [0.25, 0.3) is 5.56 Å². The SMILES string of the molecule is COc1cc(OC)c(NC(=O)Cn2c(=O)n(CC(=O)O)c(=O)c3ncccc32)cc1Cl. The summed E-state index contributed by atoms with van der Waals surface area (Å²) in [5, 5.41) is 11.8. The van der Waals surface area contributed by atoms with Crippen LogP contribution in [0.4, 0.5) is 5.69 Å². The Morgan fingerprint density at radius 1 is 1.13 bits per heavy atom. The zero-order valence-corrected chi connectivity index (χ0v) is 17.2. The summed E-state index contributed by atoms with van der Waals surface area (Å²) >= 11 is 6.10. The number of anilines is 1. The Hall–Kier alpha value is -3.86. The van der Waals surface area contributed by atoms with Crippen molar-refractivity contribution in [1.29, 1.82) is 0 Å². The van der Waals surface area contributed by atoms with E-state index in [9.17, 15) is 19.2 Å². The number of halogens is 1. The monoisotopic (exact) mass is 448 g/mol. The summed E-state index contributed by atoms with van der Waals surface area (Å²) in [6.07, 6.45) is 1.33. The molecule has 0 saturated heterocycles. The minimum Gasteiger partial charge on any atom is -0.495 e. The number of carboxylic acid groups (broad SMARTS) is 1. The minimum atomic E-state index is -1.39. The maximum absolute atomic E-state index is 12.8. The molecule has 0 unspecified atom stereocenters. The number of carboxylic acids is 1. The van der Waals surface area contributed by atoms with Crippen molar-refractivity contribution in [2.24, 2.45) is 0 Å². The number of nitrogens with zero attached hydrogens (tertiary/aromatic N) is 3. The van der Waals surface area contributed by atoms with Gasteiger partial charge in [0.1, 0.15) is 24.6 Å². The van der Waals surface area contributed by atoms with Crippen LogP contribution in [0.1, 0.15) is 0 Å². The lowest BCUT2D eigenvalue weighted by atomic mass is 10.2. The fraction of sp³-hybridized carbons (Fsp3) is 0.211. The molecule has 1 amide bonds. The van der Waals surface area contributed by atoms with Crippen LogP contribution in [-0.2, 0) is 22.7 Å². The number of nitrogens with one attached hydrogen (secondary N) is 1. The van der Waals surface area contributed by atoms with Crippen molar-refractivity contribution in [3.05, 3.63) is 56.3 Å². The van der Waals surface area contributed by atoms with Gasteiger partial charge in [-0.1, -0.05) is 11.6 Å². The van der Waals surface area contributed by atoms with E-state index in [1.807, 2.05) is 0 Å². The predicted molar refractivity (Wildman–Crippen MR) is 111 cm³/mol. The summed E-state index contributed by atoms with van der Waals surface area (Å²) in [4.78, 5) is 53.0. The zero-order chi connectivity index (χ0) is 22.7. The number of benzene rings is 1. The van der Waals surface area contributed by atoms with Crippen molar-refractivity contribution in [1.82, 2.24) is 14.1 Å². The fourth-order valence-electron chi connectivity index (χ4n) is 2.96. The molecule has 0 atom stereocenters. The normalized spacial score (nSPS) is 10.7. The van der Waals surface area contributed by atoms with E-state index in [0.717, 1.165) is 4.57 Å². The molecule has 2 aromatic heterocycles. The van der Waals surface area contributed by atoms with Crippen LogP contribution in [0.2, 0.25) is 5.02 Å². The quantitative estimate of drug-likeness (QED) is 0.544. The van der Waals surface area contributed by atoms with Crippen LogP contribution in [0.3, 0.4) is 0 Å². The van der Waals surface area contributed by atoms with Crippen molar-refractivity contribution in [3.8, 4) is 11.5 Å². The van der Waals surface area contributed by atoms with E-state index >= 15 is 0 Å². The maximum Gasteiger partial charge on any atom is 0.332 e. The number of amides is 1. The van der Waals surface area contributed by atoms with Crippen molar-refractivity contribution < 1.29 is 24.2 Å². The number of methoxy groups -OCH3 is 2. The van der Waals surface area contributed by atoms with Gasteiger partial charge >= 0.3 is 11.7 Å². The number of aliphatic carboxylic acids is 1. The Balaban J connectivity index is 2.03. The van der Waals surface area contributed by atoms with Crippen LogP contribution in [0.15, 0.2) is 40.1 Å². The van der Waals surface area contributed by atoms with E-state index in [-0.39, 0.29) is 27.5 Å². The van der Waals surface area contributed by atoms with Gasteiger partial charge in [0.05, 0.1) is 30.4 Å². The van der Waals surface area contributed by atoms with Crippen LogP contribution in [-0.4, -0.2) is 45.3 Å². The first-order chi connectivity index (χ1) is 14.8. The molecule has 3 aromatic rings. The summed E-state index contributed by atoms with van der Waals surface area (Å²) in [6.45, 7) is -1.39. The molecule has 162 valence electrons. The molecule has 31 heavy (non-hydrogen) atoms. The van der Waals surface area contributed by atoms with Crippen LogP contribution >= 0.6 is 11.6 Å². The summed E-state index contributed by atoms with van der Waals surface area (Å²) in [5.41, 5.74) is -1.63. The van der Waals surface area contributed by atoms with Gasteiger partial charge in [-0.3, -0.25) is 19.0 Å². The maximum atomic E-state index is 12.8. The lowest BCUT2D eigenvalue weighted by Gasteiger charge is -2.15. The molecule has 0 aliphatic rings. The molecule has 0 aliphatic carbocycles. The van der Waals surface area contributed by atoms with Crippen LogP contribution < -0.4 is 26.0 Å². The molecule has 0 radical (unpaired) electrons. The Morgan fingerprint density at radius 2 is 1.84 bits per heavy atom. The Bertz CT molecular complexity index is 1300. The number of fused-ring (bicyclic) bond motifs is 1. The molecule has 0 saturated carbocycles. The van der Waals surface area contributed by atoms with Crippen LogP contribution in [0, 0.1) is 0 Å². The van der Waals surface area contributed by atoms with Gasteiger partial charge in [-0.05, 0) is 18.2 Å². The van der Waals surface area contributed by atoms with E-state index in [2.05, 4.69) is 10.3 Å². The Kier molecular flexibility index (Phi) is 6.25. The second-order valence-electron chi connectivity index (χ2n) is 6.26. The standard InChI is InChI=1S/C19H17ClN4O7/c1-30-13-7-14(31-2)11(6-10(13)20)22-15(25)8-23-12-4-3-5-21-17(12)18(28)24(19(23)29)9-16(26)27/h3-7H,8-9H2,1-2H3,(H,22,25)(H,26,27). The summed E-state index contributed by atoms with van der Waals surface area (Å²) in [7, 11) is 2.82. The largest absolute Gasteiger partial charge is 0.495 e. The first kappa shape index (κ1) is 21.8. The molecular formula is C19H17ClN4O7. The van der Waals surface area contributed by atoms with Gasteiger partial charge in [0.2, 0.25) is 5.91 Å². The minimum absolute atomic E-state index is 0.0917. The van der Waals surface area contributed by atoms with Crippen LogP contribution in [0.25, 0.3) is 11.0 Å². The Morgan fingerprint density at radius 3 is 2.48 bits per heavy atom. The van der Waals surface area contributed by atoms with E-state index in [4.69, 9.17) is 26.2 Å². The van der Waals surface area contributed by atoms with Gasteiger partial charge < -0.3 is 19.9 Å². The number of aromatic nitrogens is 3. The number of hydrogen-bond acceptors (Lipinski definition) is 7. The molecule has 3 rings (SSSR count).